The first-order valence-electron chi connectivity index (χ1n) is 16.2. The fourth-order valence-corrected chi connectivity index (χ4v) is 7.90. The highest BCUT2D eigenvalue weighted by Gasteiger charge is 2.46. The van der Waals surface area contributed by atoms with E-state index in [1.165, 1.54) is 50.7 Å². The van der Waals surface area contributed by atoms with Crippen LogP contribution in [0.4, 0.5) is 17.1 Å². The third kappa shape index (κ3) is 4.51. The normalized spacial score (nSPS) is 21.2. The third-order valence-electron chi connectivity index (χ3n) is 9.92. The van der Waals surface area contributed by atoms with Crippen LogP contribution in [0.3, 0.4) is 0 Å². The lowest BCUT2D eigenvalue weighted by atomic mass is 9.82. The molecule has 8 rings (SSSR count). The van der Waals surface area contributed by atoms with Crippen molar-refractivity contribution < 1.29 is 0 Å². The van der Waals surface area contributed by atoms with E-state index in [2.05, 4.69) is 168 Å². The number of terminal acetylenes is 1. The number of benzene rings is 4. The summed E-state index contributed by atoms with van der Waals surface area (Å²) in [5, 5.41) is 0. The third-order valence-corrected chi connectivity index (χ3v) is 9.92. The maximum absolute atomic E-state index is 5.85. The monoisotopic (exact) mass is 592 g/mol. The second-order valence-corrected chi connectivity index (χ2v) is 12.6. The highest BCUT2D eigenvalue weighted by atomic mass is 15.2. The molecule has 0 bridgehead atoms. The summed E-state index contributed by atoms with van der Waals surface area (Å²) in [6.07, 6.45) is 26.1. The number of fused-ring (bicyclic) bond motifs is 6. The largest absolute Gasteiger partial charge is 0.333 e. The summed E-state index contributed by atoms with van der Waals surface area (Å²) in [4.78, 5) is 5.06. The van der Waals surface area contributed by atoms with Crippen molar-refractivity contribution in [2.24, 2.45) is 0 Å². The zero-order chi connectivity index (χ0) is 31.1. The van der Waals surface area contributed by atoms with Gasteiger partial charge in [-0.05, 0) is 84.5 Å². The Balaban J connectivity index is 1.31. The molecule has 222 valence electrons. The van der Waals surface area contributed by atoms with Crippen molar-refractivity contribution in [3.63, 3.8) is 0 Å². The van der Waals surface area contributed by atoms with Crippen molar-refractivity contribution in [1.82, 2.24) is 0 Å². The smallest absolute Gasteiger partial charge is 0.0712 e. The van der Waals surface area contributed by atoms with Crippen LogP contribution in [0.15, 0.2) is 163 Å². The van der Waals surface area contributed by atoms with Crippen LogP contribution < -0.4 is 9.80 Å². The maximum Gasteiger partial charge on any atom is 0.0712 e. The minimum atomic E-state index is -0.226. The van der Waals surface area contributed by atoms with Crippen LogP contribution in [-0.4, -0.2) is 5.54 Å². The lowest BCUT2D eigenvalue weighted by molar-refractivity contribution is 0.582. The van der Waals surface area contributed by atoms with Crippen molar-refractivity contribution in [3.8, 4) is 12.3 Å². The highest BCUT2D eigenvalue weighted by Crippen LogP contribution is 2.54. The van der Waals surface area contributed by atoms with Crippen molar-refractivity contribution >= 4 is 28.2 Å². The zero-order valence-electron chi connectivity index (χ0n) is 26.1. The van der Waals surface area contributed by atoms with E-state index in [0.717, 1.165) is 30.4 Å². The lowest BCUT2D eigenvalue weighted by Gasteiger charge is -2.41. The van der Waals surface area contributed by atoms with Gasteiger partial charge in [0.25, 0.3) is 0 Å². The average Bonchev–Trinajstić information content (AvgIpc) is 3.58. The summed E-state index contributed by atoms with van der Waals surface area (Å²) in [7, 11) is 0. The summed E-state index contributed by atoms with van der Waals surface area (Å²) < 4.78 is 0. The lowest BCUT2D eigenvalue weighted by Crippen LogP contribution is -2.44. The van der Waals surface area contributed by atoms with Crippen LogP contribution in [0.5, 0.6) is 0 Å². The first-order valence-corrected chi connectivity index (χ1v) is 16.2. The predicted octanol–water partition coefficient (Wildman–Crippen LogP) is 10.5. The molecular formula is C44H36N2. The summed E-state index contributed by atoms with van der Waals surface area (Å²) >= 11 is 0. The number of hydrogen-bond donors (Lipinski definition) is 0. The zero-order valence-corrected chi connectivity index (χ0v) is 26.1. The summed E-state index contributed by atoms with van der Waals surface area (Å²) in [5.41, 5.74) is 13.7. The van der Waals surface area contributed by atoms with E-state index in [4.69, 9.17) is 6.42 Å². The Morgan fingerprint density at radius 1 is 0.870 bits per heavy atom. The molecule has 4 aliphatic rings. The SMILES string of the molecule is C#C/C=C\C(=C(/Cc1cccc(N2C3=CC=CCC3c3ccccc32)c1)N1c2ccccc2C2=CC=CCC21C)c1ccccc1. The number of nitrogens with zero attached hydrogens (tertiary/aromatic N) is 2. The molecule has 46 heavy (non-hydrogen) atoms. The van der Waals surface area contributed by atoms with Gasteiger partial charge in [0.2, 0.25) is 0 Å². The first-order chi connectivity index (χ1) is 22.7. The number of para-hydroxylation sites is 2. The van der Waals surface area contributed by atoms with Gasteiger partial charge in [0.05, 0.1) is 5.54 Å². The predicted molar refractivity (Wildman–Crippen MR) is 194 cm³/mol. The van der Waals surface area contributed by atoms with Crippen LogP contribution in [-0.2, 0) is 6.42 Å². The molecule has 2 aliphatic heterocycles. The fraction of sp³-hybridized carbons (Fsp3) is 0.136. The van der Waals surface area contributed by atoms with Crippen molar-refractivity contribution in [2.75, 3.05) is 9.80 Å². The Bertz CT molecular complexity index is 2060. The van der Waals surface area contributed by atoms with Crippen LogP contribution in [0.2, 0.25) is 0 Å². The second kappa shape index (κ2) is 11.4. The molecule has 0 aromatic heterocycles. The molecule has 4 aromatic carbocycles. The molecule has 0 N–H and O–H groups in total. The molecule has 0 amide bonds. The molecule has 0 saturated carbocycles. The van der Waals surface area contributed by atoms with Gasteiger partial charge in [0.15, 0.2) is 0 Å². The molecule has 0 fully saturated rings. The molecule has 2 unspecified atom stereocenters. The maximum atomic E-state index is 5.85. The number of hydrogen-bond acceptors (Lipinski definition) is 2. The Labute approximate surface area is 272 Å². The summed E-state index contributed by atoms with van der Waals surface area (Å²) in [6, 6.07) is 37.5. The van der Waals surface area contributed by atoms with E-state index >= 15 is 0 Å². The van der Waals surface area contributed by atoms with Gasteiger partial charge in [-0.25, -0.2) is 0 Å². The van der Waals surface area contributed by atoms with Gasteiger partial charge in [-0.2, -0.15) is 0 Å². The van der Waals surface area contributed by atoms with Gasteiger partial charge < -0.3 is 9.80 Å². The van der Waals surface area contributed by atoms with Crippen LogP contribution in [0, 0.1) is 12.3 Å². The molecule has 2 heterocycles. The van der Waals surface area contributed by atoms with Gasteiger partial charge in [-0.1, -0.05) is 115 Å². The Kier molecular flexibility index (Phi) is 6.96. The topological polar surface area (TPSA) is 6.48 Å². The highest BCUT2D eigenvalue weighted by molar-refractivity contribution is 5.96. The first kappa shape index (κ1) is 28.0. The average molecular weight is 593 g/mol. The Morgan fingerprint density at radius 3 is 2.52 bits per heavy atom. The second-order valence-electron chi connectivity index (χ2n) is 12.6. The molecule has 4 aromatic rings. The van der Waals surface area contributed by atoms with E-state index in [1.807, 2.05) is 6.08 Å². The number of anilines is 3. The standard InChI is InChI=1S/C44H36N2/c1-3-4-21-35(33-18-6-5-7-19-33)43(46-42-28-13-10-24-38(42)39-25-14-15-29-44(39,46)2)31-32-17-16-20-34(30-32)45-40-26-11-8-22-36(40)37-23-9-12-27-41(37)45/h1,4-22,24-28,30,37H,23,29,31H2,2H3/b21-4-,43-35-. The van der Waals surface area contributed by atoms with Crippen LogP contribution in [0.1, 0.15) is 47.9 Å². The Morgan fingerprint density at radius 2 is 1.65 bits per heavy atom. The molecule has 0 radical (unpaired) electrons. The van der Waals surface area contributed by atoms with E-state index < -0.39 is 0 Å². The molecule has 2 atom stereocenters. The van der Waals surface area contributed by atoms with E-state index in [1.54, 1.807) is 0 Å². The van der Waals surface area contributed by atoms with Crippen molar-refractivity contribution in [1.29, 1.82) is 0 Å². The molecular weight excluding hydrogens is 556 g/mol. The number of allylic oxidation sites excluding steroid dienone is 10. The summed E-state index contributed by atoms with van der Waals surface area (Å²) in [6.45, 7) is 2.39. The minimum Gasteiger partial charge on any atom is -0.333 e. The van der Waals surface area contributed by atoms with Gasteiger partial charge in [-0.3, -0.25) is 0 Å². The number of rotatable bonds is 6. The fourth-order valence-electron chi connectivity index (χ4n) is 7.90. The van der Waals surface area contributed by atoms with E-state index in [0.29, 0.717) is 5.92 Å². The molecule has 2 aliphatic carbocycles. The van der Waals surface area contributed by atoms with Crippen LogP contribution in [0.25, 0.3) is 11.1 Å². The van der Waals surface area contributed by atoms with E-state index in [9.17, 15) is 0 Å². The molecule has 0 spiro atoms. The van der Waals surface area contributed by atoms with E-state index in [-0.39, 0.29) is 5.54 Å². The molecule has 2 nitrogen and oxygen atoms in total. The van der Waals surface area contributed by atoms with Crippen molar-refractivity contribution in [2.45, 2.75) is 37.6 Å². The molecule has 2 heteroatoms. The van der Waals surface area contributed by atoms with Crippen molar-refractivity contribution in [3.05, 3.63) is 185 Å². The van der Waals surface area contributed by atoms with Gasteiger partial charge in [0.1, 0.15) is 0 Å². The van der Waals surface area contributed by atoms with Gasteiger partial charge in [0, 0.05) is 51.9 Å². The molecule has 0 saturated heterocycles. The summed E-state index contributed by atoms with van der Waals surface area (Å²) in [5.74, 6) is 3.16. The minimum absolute atomic E-state index is 0.226. The van der Waals surface area contributed by atoms with Gasteiger partial charge >= 0.3 is 0 Å². The van der Waals surface area contributed by atoms with Gasteiger partial charge in [-0.15, -0.1) is 6.42 Å². The quantitative estimate of drug-likeness (QED) is 0.162. The van der Waals surface area contributed by atoms with Crippen LogP contribution >= 0.6 is 0 Å². The Hall–Kier alpha value is -5.52.